The van der Waals surface area contributed by atoms with Gasteiger partial charge in [0.15, 0.2) is 0 Å². The van der Waals surface area contributed by atoms with E-state index in [2.05, 4.69) is 5.32 Å². The summed E-state index contributed by atoms with van der Waals surface area (Å²) < 4.78 is 5.07. The number of hydrogen-bond acceptors (Lipinski definition) is 4. The topological polar surface area (TPSA) is 78.8 Å². The summed E-state index contributed by atoms with van der Waals surface area (Å²) in [4.78, 5) is 11.4. The number of rotatable bonds is 3. The Bertz CT molecular complexity index is 248. The van der Waals surface area contributed by atoms with E-state index in [1.165, 1.54) is 0 Å². The molecule has 0 radical (unpaired) electrons. The van der Waals surface area contributed by atoms with Crippen LogP contribution in [0.25, 0.3) is 0 Å². The SMILES string of the molecule is CC(C)(C)OC(=O)N[C@]1(CO)C[C@@H]1CO. The summed E-state index contributed by atoms with van der Waals surface area (Å²) >= 11 is 0. The predicted molar refractivity (Wildman–Crippen MR) is 54.4 cm³/mol. The van der Waals surface area contributed by atoms with Crippen LogP contribution < -0.4 is 5.32 Å². The number of carbonyl (C=O) groups is 1. The molecular formula is C10H19NO4. The smallest absolute Gasteiger partial charge is 0.408 e. The van der Waals surface area contributed by atoms with Gasteiger partial charge in [-0.15, -0.1) is 0 Å². The summed E-state index contributed by atoms with van der Waals surface area (Å²) in [5.41, 5.74) is -1.22. The van der Waals surface area contributed by atoms with Crippen molar-refractivity contribution >= 4 is 6.09 Å². The average Bonchev–Trinajstić information content (AvgIpc) is 2.76. The van der Waals surface area contributed by atoms with Gasteiger partial charge >= 0.3 is 6.09 Å². The molecule has 0 heterocycles. The Morgan fingerprint density at radius 2 is 2.13 bits per heavy atom. The van der Waals surface area contributed by atoms with Crippen LogP contribution in [0.5, 0.6) is 0 Å². The maximum atomic E-state index is 11.4. The molecule has 5 heteroatoms. The monoisotopic (exact) mass is 217 g/mol. The Balaban J connectivity index is 2.45. The minimum atomic E-state index is -0.670. The first-order chi connectivity index (χ1) is 6.83. The Hall–Kier alpha value is -0.810. The van der Waals surface area contributed by atoms with E-state index in [9.17, 15) is 4.79 Å². The highest BCUT2D eigenvalue weighted by molar-refractivity contribution is 5.69. The average molecular weight is 217 g/mol. The van der Waals surface area contributed by atoms with Gasteiger partial charge in [-0.1, -0.05) is 0 Å². The van der Waals surface area contributed by atoms with Crippen LogP contribution in [-0.4, -0.2) is 40.7 Å². The number of aliphatic hydroxyl groups excluding tert-OH is 2. The molecule has 3 N–H and O–H groups in total. The zero-order valence-electron chi connectivity index (χ0n) is 9.41. The highest BCUT2D eigenvalue weighted by Gasteiger charge is 2.55. The van der Waals surface area contributed by atoms with Crippen LogP contribution in [-0.2, 0) is 4.74 Å². The van der Waals surface area contributed by atoms with E-state index in [1.807, 2.05) is 0 Å². The molecule has 1 saturated carbocycles. The van der Waals surface area contributed by atoms with Crippen molar-refractivity contribution in [2.75, 3.05) is 13.2 Å². The van der Waals surface area contributed by atoms with Gasteiger partial charge in [-0.3, -0.25) is 0 Å². The van der Waals surface area contributed by atoms with Crippen LogP contribution in [0.2, 0.25) is 0 Å². The van der Waals surface area contributed by atoms with Crippen LogP contribution in [0.1, 0.15) is 27.2 Å². The molecule has 0 aromatic carbocycles. The molecule has 0 aromatic heterocycles. The van der Waals surface area contributed by atoms with Crippen molar-refractivity contribution in [3.05, 3.63) is 0 Å². The summed E-state index contributed by atoms with van der Waals surface area (Å²) in [5.74, 6) is -0.0602. The van der Waals surface area contributed by atoms with Gasteiger partial charge < -0.3 is 20.3 Å². The van der Waals surface area contributed by atoms with Crippen LogP contribution in [0, 0.1) is 5.92 Å². The second kappa shape index (κ2) is 3.98. The molecule has 2 atom stereocenters. The molecule has 1 rings (SSSR count). The fourth-order valence-electron chi connectivity index (χ4n) is 1.51. The lowest BCUT2D eigenvalue weighted by Gasteiger charge is -2.23. The fourth-order valence-corrected chi connectivity index (χ4v) is 1.51. The molecule has 1 amide bonds. The molecule has 1 aliphatic rings. The largest absolute Gasteiger partial charge is 0.444 e. The molecule has 1 fully saturated rings. The van der Waals surface area contributed by atoms with Crippen LogP contribution in [0.4, 0.5) is 4.79 Å². The summed E-state index contributed by atoms with van der Waals surface area (Å²) in [7, 11) is 0. The van der Waals surface area contributed by atoms with E-state index in [-0.39, 0.29) is 19.1 Å². The van der Waals surface area contributed by atoms with Gasteiger partial charge in [-0.2, -0.15) is 0 Å². The number of ether oxygens (including phenoxy) is 1. The summed E-state index contributed by atoms with van der Waals surface area (Å²) in [6.07, 6.45) is 0.0479. The van der Waals surface area contributed by atoms with E-state index in [0.717, 1.165) is 0 Å². The second-order valence-electron chi connectivity index (χ2n) is 5.02. The van der Waals surface area contributed by atoms with Gasteiger partial charge in [-0.25, -0.2) is 4.79 Å². The first-order valence-electron chi connectivity index (χ1n) is 5.06. The van der Waals surface area contributed by atoms with Gasteiger partial charge in [0.25, 0.3) is 0 Å². The van der Waals surface area contributed by atoms with E-state index >= 15 is 0 Å². The third-order valence-corrected chi connectivity index (χ3v) is 2.48. The molecule has 1 aliphatic carbocycles. The minimum absolute atomic E-state index is 0.0314. The molecule has 0 bridgehead atoms. The standard InChI is InChI=1S/C10H19NO4/c1-9(2,3)15-8(14)11-10(6-13)4-7(10)5-12/h7,12-13H,4-6H2,1-3H3,(H,11,14)/t7-,10+/m1/s1. The molecule has 5 nitrogen and oxygen atoms in total. The van der Waals surface area contributed by atoms with Crippen molar-refractivity contribution in [2.45, 2.75) is 38.3 Å². The lowest BCUT2D eigenvalue weighted by molar-refractivity contribution is 0.0456. The van der Waals surface area contributed by atoms with Gasteiger partial charge in [0.05, 0.1) is 12.1 Å². The third kappa shape index (κ3) is 3.07. The second-order valence-corrected chi connectivity index (χ2v) is 5.02. The Morgan fingerprint density at radius 1 is 1.53 bits per heavy atom. The maximum absolute atomic E-state index is 11.4. The number of nitrogens with one attached hydrogen (secondary N) is 1. The van der Waals surface area contributed by atoms with Crippen LogP contribution in [0.15, 0.2) is 0 Å². The number of carbonyl (C=O) groups excluding carboxylic acids is 1. The molecule has 15 heavy (non-hydrogen) atoms. The first kappa shape index (κ1) is 12.3. The molecule has 0 spiro atoms. The Kier molecular flexibility index (Phi) is 3.25. The highest BCUT2D eigenvalue weighted by atomic mass is 16.6. The lowest BCUT2D eigenvalue weighted by Crippen LogP contribution is -2.44. The van der Waals surface area contributed by atoms with Gasteiger partial charge in [0.1, 0.15) is 5.60 Å². The van der Waals surface area contributed by atoms with E-state index in [0.29, 0.717) is 6.42 Å². The molecule has 0 saturated heterocycles. The Morgan fingerprint density at radius 3 is 2.47 bits per heavy atom. The normalized spacial score (nSPS) is 29.8. The van der Waals surface area contributed by atoms with E-state index < -0.39 is 17.2 Å². The summed E-state index contributed by atoms with van der Waals surface area (Å²) in [6, 6.07) is 0. The Labute approximate surface area is 89.4 Å². The molecule has 0 unspecified atom stereocenters. The highest BCUT2D eigenvalue weighted by Crippen LogP contribution is 2.42. The third-order valence-electron chi connectivity index (χ3n) is 2.48. The van der Waals surface area contributed by atoms with Crippen molar-refractivity contribution in [2.24, 2.45) is 5.92 Å². The van der Waals surface area contributed by atoms with Crippen molar-refractivity contribution in [3.8, 4) is 0 Å². The zero-order chi connectivity index (χ0) is 11.7. The first-order valence-corrected chi connectivity index (χ1v) is 5.06. The van der Waals surface area contributed by atoms with Gasteiger partial charge in [0.2, 0.25) is 0 Å². The lowest BCUT2D eigenvalue weighted by atomic mass is 10.2. The van der Waals surface area contributed by atoms with E-state index in [4.69, 9.17) is 14.9 Å². The maximum Gasteiger partial charge on any atom is 0.408 e. The quantitative estimate of drug-likeness (QED) is 0.633. The molecule has 88 valence electrons. The molecule has 0 aromatic rings. The van der Waals surface area contributed by atoms with Crippen LogP contribution in [0.3, 0.4) is 0 Å². The molecular weight excluding hydrogens is 198 g/mol. The number of amides is 1. The number of aliphatic hydroxyl groups is 2. The van der Waals surface area contributed by atoms with Crippen molar-refractivity contribution < 1.29 is 19.7 Å². The summed E-state index contributed by atoms with van der Waals surface area (Å²) in [5, 5.41) is 20.6. The van der Waals surface area contributed by atoms with E-state index in [1.54, 1.807) is 20.8 Å². The molecule has 0 aliphatic heterocycles. The number of alkyl carbamates (subject to hydrolysis) is 1. The predicted octanol–water partition coefficient (Wildman–Crippen LogP) is 0.254. The van der Waals surface area contributed by atoms with Crippen LogP contribution >= 0.6 is 0 Å². The van der Waals surface area contributed by atoms with Gasteiger partial charge in [-0.05, 0) is 27.2 Å². The zero-order valence-corrected chi connectivity index (χ0v) is 9.41. The van der Waals surface area contributed by atoms with Crippen molar-refractivity contribution in [1.82, 2.24) is 5.32 Å². The van der Waals surface area contributed by atoms with Crippen molar-refractivity contribution in [3.63, 3.8) is 0 Å². The number of hydrogen-bond donors (Lipinski definition) is 3. The fraction of sp³-hybridized carbons (Fsp3) is 0.900. The minimum Gasteiger partial charge on any atom is -0.444 e. The van der Waals surface area contributed by atoms with Crippen molar-refractivity contribution in [1.29, 1.82) is 0 Å². The van der Waals surface area contributed by atoms with Gasteiger partial charge in [0, 0.05) is 12.5 Å². The summed E-state index contributed by atoms with van der Waals surface area (Å²) in [6.45, 7) is 5.12.